The minimum absolute atomic E-state index is 0.0544. The molecular formula is C15H16ClFN4. The second-order valence-electron chi connectivity index (χ2n) is 5.38. The zero-order chi connectivity index (χ0) is 15.1. The summed E-state index contributed by atoms with van der Waals surface area (Å²) in [6.07, 6.45) is 1.62. The molecule has 1 atom stereocenters. The summed E-state index contributed by atoms with van der Waals surface area (Å²) in [5, 5.41) is 3.33. The fraction of sp³-hybridized carbons (Fsp3) is 0.333. The fourth-order valence-electron chi connectivity index (χ4n) is 2.79. The van der Waals surface area contributed by atoms with Gasteiger partial charge in [-0.25, -0.2) is 14.4 Å². The van der Waals surface area contributed by atoms with Crippen LogP contribution in [0.4, 0.5) is 15.8 Å². The van der Waals surface area contributed by atoms with E-state index in [2.05, 4.69) is 34.0 Å². The number of hydrogen-bond acceptors (Lipinski definition) is 4. The SMILES string of the molecule is CC(C)N1c2cc(-c3ccnc(Cl)n3)cc(F)c2NC1C. The van der Waals surface area contributed by atoms with Gasteiger partial charge < -0.3 is 10.2 Å². The largest absolute Gasteiger partial charge is 0.361 e. The Morgan fingerprint density at radius 3 is 2.81 bits per heavy atom. The van der Waals surface area contributed by atoms with Gasteiger partial charge in [0.1, 0.15) is 5.82 Å². The van der Waals surface area contributed by atoms with E-state index in [4.69, 9.17) is 11.6 Å². The summed E-state index contributed by atoms with van der Waals surface area (Å²) < 4.78 is 14.4. The fourth-order valence-corrected chi connectivity index (χ4v) is 2.94. The van der Waals surface area contributed by atoms with E-state index < -0.39 is 0 Å². The predicted molar refractivity (Wildman–Crippen MR) is 83.1 cm³/mol. The first kappa shape index (κ1) is 14.1. The molecule has 0 aliphatic carbocycles. The van der Waals surface area contributed by atoms with Crippen LogP contribution in [0.2, 0.25) is 5.28 Å². The lowest BCUT2D eigenvalue weighted by Crippen LogP contribution is -2.38. The Hall–Kier alpha value is -1.88. The highest BCUT2D eigenvalue weighted by atomic mass is 35.5. The normalized spacial score (nSPS) is 17.0. The molecule has 1 aliphatic heterocycles. The number of anilines is 2. The van der Waals surface area contributed by atoms with E-state index in [1.54, 1.807) is 12.3 Å². The molecule has 21 heavy (non-hydrogen) atoms. The van der Waals surface area contributed by atoms with Crippen LogP contribution in [-0.4, -0.2) is 22.2 Å². The Balaban J connectivity index is 2.13. The van der Waals surface area contributed by atoms with Gasteiger partial charge in [-0.1, -0.05) is 0 Å². The highest BCUT2D eigenvalue weighted by molar-refractivity contribution is 6.28. The van der Waals surface area contributed by atoms with E-state index in [1.807, 2.05) is 13.0 Å². The molecule has 0 saturated carbocycles. The van der Waals surface area contributed by atoms with Gasteiger partial charge in [-0.3, -0.25) is 0 Å². The molecule has 0 spiro atoms. The zero-order valence-electron chi connectivity index (χ0n) is 12.1. The number of nitrogens with zero attached hydrogens (tertiary/aromatic N) is 3. The van der Waals surface area contributed by atoms with Crippen molar-refractivity contribution in [3.05, 3.63) is 35.5 Å². The van der Waals surface area contributed by atoms with Crippen LogP contribution in [0.3, 0.4) is 0 Å². The molecule has 4 nitrogen and oxygen atoms in total. The molecule has 2 aromatic rings. The molecule has 6 heteroatoms. The smallest absolute Gasteiger partial charge is 0.222 e. The van der Waals surface area contributed by atoms with Crippen LogP contribution in [0.5, 0.6) is 0 Å². The number of fused-ring (bicyclic) bond motifs is 1. The van der Waals surface area contributed by atoms with Gasteiger partial charge in [-0.2, -0.15) is 0 Å². The Labute approximate surface area is 128 Å². The lowest BCUT2D eigenvalue weighted by Gasteiger charge is -2.28. The van der Waals surface area contributed by atoms with Crippen molar-refractivity contribution < 1.29 is 4.39 Å². The van der Waals surface area contributed by atoms with Gasteiger partial charge in [0.15, 0.2) is 0 Å². The molecule has 110 valence electrons. The zero-order valence-corrected chi connectivity index (χ0v) is 12.8. The number of aromatic nitrogens is 2. The predicted octanol–water partition coefficient (Wildman–Crippen LogP) is 3.92. The Morgan fingerprint density at radius 2 is 2.14 bits per heavy atom. The van der Waals surface area contributed by atoms with Gasteiger partial charge in [0.25, 0.3) is 0 Å². The van der Waals surface area contributed by atoms with Crippen molar-refractivity contribution >= 4 is 23.0 Å². The minimum Gasteiger partial charge on any atom is -0.361 e. The molecule has 1 aliphatic rings. The van der Waals surface area contributed by atoms with Gasteiger partial charge >= 0.3 is 0 Å². The molecule has 1 N–H and O–H groups in total. The number of halogens is 2. The van der Waals surface area contributed by atoms with Crippen LogP contribution in [0, 0.1) is 5.82 Å². The Kier molecular flexibility index (Phi) is 3.45. The van der Waals surface area contributed by atoms with Crippen LogP contribution in [0.1, 0.15) is 20.8 Å². The highest BCUT2D eigenvalue weighted by Crippen LogP contribution is 2.40. The third-order valence-electron chi connectivity index (χ3n) is 3.60. The summed E-state index contributed by atoms with van der Waals surface area (Å²) >= 11 is 5.82. The molecule has 0 amide bonds. The number of nitrogens with one attached hydrogen (secondary N) is 1. The molecule has 0 saturated heterocycles. The monoisotopic (exact) mass is 306 g/mol. The summed E-state index contributed by atoms with van der Waals surface area (Å²) in [4.78, 5) is 10.1. The molecular weight excluding hydrogens is 291 g/mol. The average molecular weight is 307 g/mol. The van der Waals surface area contributed by atoms with Crippen LogP contribution < -0.4 is 10.2 Å². The van der Waals surface area contributed by atoms with Crippen molar-refractivity contribution in [1.82, 2.24) is 9.97 Å². The topological polar surface area (TPSA) is 41.1 Å². The average Bonchev–Trinajstić information content (AvgIpc) is 2.75. The number of benzene rings is 1. The van der Waals surface area contributed by atoms with Crippen LogP contribution in [0.25, 0.3) is 11.3 Å². The first-order valence-electron chi connectivity index (χ1n) is 6.84. The number of rotatable bonds is 2. The Bertz CT molecular complexity index is 689. The van der Waals surface area contributed by atoms with Crippen molar-refractivity contribution in [3.63, 3.8) is 0 Å². The van der Waals surface area contributed by atoms with Crippen molar-refractivity contribution in [1.29, 1.82) is 0 Å². The van der Waals surface area contributed by atoms with Gasteiger partial charge in [-0.15, -0.1) is 0 Å². The summed E-state index contributed by atoms with van der Waals surface area (Å²) in [5.41, 5.74) is 2.69. The Morgan fingerprint density at radius 1 is 1.38 bits per heavy atom. The maximum absolute atomic E-state index is 14.4. The van der Waals surface area contributed by atoms with Gasteiger partial charge in [0, 0.05) is 17.8 Å². The third kappa shape index (κ3) is 2.42. The van der Waals surface area contributed by atoms with E-state index in [9.17, 15) is 4.39 Å². The molecule has 0 radical (unpaired) electrons. The standard InChI is InChI=1S/C15H16ClFN4/c1-8(2)21-9(3)19-14-11(17)6-10(7-13(14)21)12-4-5-18-15(16)20-12/h4-9,19H,1-3H3. The summed E-state index contributed by atoms with van der Waals surface area (Å²) in [6.45, 7) is 6.18. The van der Waals surface area contributed by atoms with Crippen LogP contribution >= 0.6 is 11.6 Å². The van der Waals surface area contributed by atoms with Gasteiger partial charge in [-0.05, 0) is 50.6 Å². The van der Waals surface area contributed by atoms with Crippen LogP contribution in [0.15, 0.2) is 24.4 Å². The van der Waals surface area contributed by atoms with E-state index in [-0.39, 0.29) is 23.3 Å². The first-order valence-corrected chi connectivity index (χ1v) is 7.22. The molecule has 0 fully saturated rings. The molecule has 1 aromatic heterocycles. The molecule has 0 bridgehead atoms. The highest BCUT2D eigenvalue weighted by Gasteiger charge is 2.30. The molecule has 1 aromatic carbocycles. The maximum Gasteiger partial charge on any atom is 0.222 e. The first-order chi connectivity index (χ1) is 9.97. The van der Waals surface area contributed by atoms with Crippen LogP contribution in [-0.2, 0) is 0 Å². The lowest BCUT2D eigenvalue weighted by molar-refractivity contribution is 0.629. The van der Waals surface area contributed by atoms with Gasteiger partial charge in [0.05, 0.1) is 23.2 Å². The quantitative estimate of drug-likeness (QED) is 0.854. The van der Waals surface area contributed by atoms with Crippen molar-refractivity contribution in [2.24, 2.45) is 0 Å². The second kappa shape index (κ2) is 5.15. The van der Waals surface area contributed by atoms with Crippen molar-refractivity contribution in [2.75, 3.05) is 10.2 Å². The van der Waals surface area contributed by atoms with Crippen molar-refractivity contribution in [3.8, 4) is 11.3 Å². The summed E-state index contributed by atoms with van der Waals surface area (Å²) in [5.74, 6) is -0.285. The van der Waals surface area contributed by atoms with E-state index in [0.717, 1.165) is 5.69 Å². The lowest BCUT2D eigenvalue weighted by atomic mass is 10.1. The third-order valence-corrected chi connectivity index (χ3v) is 3.78. The molecule has 1 unspecified atom stereocenters. The second-order valence-corrected chi connectivity index (χ2v) is 5.72. The summed E-state index contributed by atoms with van der Waals surface area (Å²) in [7, 11) is 0. The van der Waals surface area contributed by atoms with E-state index in [0.29, 0.717) is 16.9 Å². The van der Waals surface area contributed by atoms with E-state index >= 15 is 0 Å². The summed E-state index contributed by atoms with van der Waals surface area (Å²) in [6, 6.07) is 5.39. The van der Waals surface area contributed by atoms with Crippen molar-refractivity contribution in [2.45, 2.75) is 33.0 Å². The maximum atomic E-state index is 14.4. The minimum atomic E-state index is -0.285. The van der Waals surface area contributed by atoms with E-state index in [1.165, 1.54) is 6.07 Å². The molecule has 2 heterocycles. The molecule has 3 rings (SSSR count). The number of hydrogen-bond donors (Lipinski definition) is 1. The van der Waals surface area contributed by atoms with Gasteiger partial charge in [0.2, 0.25) is 5.28 Å².